The van der Waals surface area contributed by atoms with Crippen LogP contribution in [0.5, 0.6) is 0 Å². The Kier molecular flexibility index (Phi) is 4.68. The van der Waals surface area contributed by atoms with Crippen molar-refractivity contribution in [2.24, 2.45) is 0 Å². The summed E-state index contributed by atoms with van der Waals surface area (Å²) < 4.78 is 24.3. The molecule has 0 aliphatic carbocycles. The lowest BCUT2D eigenvalue weighted by molar-refractivity contribution is 0.0698. The third-order valence-electron chi connectivity index (χ3n) is 3.82. The van der Waals surface area contributed by atoms with E-state index in [1.165, 1.54) is 16.1 Å². The minimum Gasteiger partial charge on any atom is -0.336 e. The van der Waals surface area contributed by atoms with Gasteiger partial charge < -0.3 is 4.90 Å². The maximum absolute atomic E-state index is 12.4. The lowest BCUT2D eigenvalue weighted by Gasteiger charge is -2.33. The fourth-order valence-corrected chi connectivity index (χ4v) is 3.24. The summed E-state index contributed by atoms with van der Waals surface area (Å²) in [5.41, 5.74) is 1.86. The molecule has 0 N–H and O–H groups in total. The first-order valence-electron chi connectivity index (χ1n) is 7.13. The van der Waals surface area contributed by atoms with E-state index in [0.29, 0.717) is 37.7 Å². The second kappa shape index (κ2) is 6.15. The van der Waals surface area contributed by atoms with Crippen molar-refractivity contribution in [1.29, 1.82) is 0 Å². The number of carbonyl (C=O) groups is 1. The minimum atomic E-state index is -3.16. The van der Waals surface area contributed by atoms with Gasteiger partial charge in [-0.2, -0.15) is 4.31 Å². The standard InChI is InChI=1S/C15H22N2O3S/c1-12(2)13-4-6-14(7-5-13)15(18)16-8-10-17(11-9-16)21(3,19)20/h4-7,12H,8-11H2,1-3H3. The van der Waals surface area contributed by atoms with E-state index in [9.17, 15) is 13.2 Å². The van der Waals surface area contributed by atoms with Crippen molar-refractivity contribution in [2.45, 2.75) is 19.8 Å². The second-order valence-electron chi connectivity index (χ2n) is 5.73. The summed E-state index contributed by atoms with van der Waals surface area (Å²) in [4.78, 5) is 14.1. The maximum atomic E-state index is 12.4. The first kappa shape index (κ1) is 16.0. The molecule has 2 rings (SSSR count). The Labute approximate surface area is 126 Å². The molecule has 116 valence electrons. The zero-order valence-corrected chi connectivity index (χ0v) is 13.6. The van der Waals surface area contributed by atoms with Crippen molar-refractivity contribution in [3.8, 4) is 0 Å². The smallest absolute Gasteiger partial charge is 0.253 e. The highest BCUT2D eigenvalue weighted by molar-refractivity contribution is 7.88. The fourth-order valence-electron chi connectivity index (χ4n) is 2.42. The summed E-state index contributed by atoms with van der Waals surface area (Å²) in [5, 5.41) is 0. The summed E-state index contributed by atoms with van der Waals surface area (Å²) >= 11 is 0. The summed E-state index contributed by atoms with van der Waals surface area (Å²) in [6.45, 7) is 5.85. The van der Waals surface area contributed by atoms with Gasteiger partial charge in [-0.15, -0.1) is 0 Å². The molecule has 1 fully saturated rings. The van der Waals surface area contributed by atoms with E-state index in [-0.39, 0.29) is 5.91 Å². The molecule has 0 bridgehead atoms. The Bertz CT molecular complexity index is 600. The molecule has 0 spiro atoms. The van der Waals surface area contributed by atoms with Crippen LogP contribution >= 0.6 is 0 Å². The van der Waals surface area contributed by atoms with Crippen molar-refractivity contribution < 1.29 is 13.2 Å². The zero-order valence-electron chi connectivity index (χ0n) is 12.7. The molecule has 21 heavy (non-hydrogen) atoms. The van der Waals surface area contributed by atoms with Crippen LogP contribution in [0.4, 0.5) is 0 Å². The van der Waals surface area contributed by atoms with Gasteiger partial charge in [0.2, 0.25) is 10.0 Å². The molecule has 6 heteroatoms. The first-order chi connectivity index (χ1) is 9.79. The van der Waals surface area contributed by atoms with E-state index >= 15 is 0 Å². The van der Waals surface area contributed by atoms with Crippen molar-refractivity contribution in [3.05, 3.63) is 35.4 Å². The van der Waals surface area contributed by atoms with Crippen molar-refractivity contribution in [2.75, 3.05) is 32.4 Å². The Hall–Kier alpha value is -1.40. The van der Waals surface area contributed by atoms with E-state index in [4.69, 9.17) is 0 Å². The van der Waals surface area contributed by atoms with Gasteiger partial charge in [-0.05, 0) is 23.6 Å². The average Bonchev–Trinajstić information content (AvgIpc) is 2.46. The lowest BCUT2D eigenvalue weighted by atomic mass is 10.0. The van der Waals surface area contributed by atoms with Crippen LogP contribution in [0.25, 0.3) is 0 Å². The number of amides is 1. The van der Waals surface area contributed by atoms with Crippen LogP contribution < -0.4 is 0 Å². The third kappa shape index (κ3) is 3.83. The monoisotopic (exact) mass is 310 g/mol. The molecule has 1 aliphatic rings. The van der Waals surface area contributed by atoms with E-state index in [2.05, 4.69) is 13.8 Å². The molecule has 0 radical (unpaired) electrons. The quantitative estimate of drug-likeness (QED) is 0.850. The van der Waals surface area contributed by atoms with E-state index in [0.717, 1.165) is 0 Å². The number of piperazine rings is 1. The van der Waals surface area contributed by atoms with Gasteiger partial charge >= 0.3 is 0 Å². The molecule has 1 amide bonds. The Morgan fingerprint density at radius 3 is 2.00 bits per heavy atom. The summed E-state index contributed by atoms with van der Waals surface area (Å²) in [6.07, 6.45) is 1.20. The van der Waals surface area contributed by atoms with Gasteiger partial charge in [-0.25, -0.2) is 8.42 Å². The number of hydrogen-bond acceptors (Lipinski definition) is 3. The number of carbonyl (C=O) groups excluding carboxylic acids is 1. The molecule has 0 atom stereocenters. The van der Waals surface area contributed by atoms with Gasteiger partial charge in [-0.1, -0.05) is 26.0 Å². The number of hydrogen-bond donors (Lipinski definition) is 0. The SMILES string of the molecule is CC(C)c1ccc(C(=O)N2CCN(S(C)(=O)=O)CC2)cc1. The Balaban J connectivity index is 2.02. The minimum absolute atomic E-state index is 0.0292. The fraction of sp³-hybridized carbons (Fsp3) is 0.533. The average molecular weight is 310 g/mol. The van der Waals surface area contributed by atoms with Crippen LogP contribution in [0.15, 0.2) is 24.3 Å². The van der Waals surface area contributed by atoms with E-state index in [1.54, 1.807) is 4.90 Å². The molecule has 1 aromatic rings. The van der Waals surface area contributed by atoms with Gasteiger partial charge in [0.15, 0.2) is 0 Å². The normalized spacial score (nSPS) is 17.2. The molecule has 1 aromatic carbocycles. The number of nitrogens with zero attached hydrogens (tertiary/aromatic N) is 2. The Morgan fingerprint density at radius 2 is 1.57 bits per heavy atom. The van der Waals surface area contributed by atoms with Gasteiger partial charge in [0, 0.05) is 31.7 Å². The van der Waals surface area contributed by atoms with E-state index in [1.807, 2.05) is 24.3 Å². The van der Waals surface area contributed by atoms with Gasteiger partial charge in [0.25, 0.3) is 5.91 Å². The van der Waals surface area contributed by atoms with Crippen LogP contribution in [-0.2, 0) is 10.0 Å². The number of sulfonamides is 1. The molecule has 1 saturated heterocycles. The Morgan fingerprint density at radius 1 is 1.05 bits per heavy atom. The van der Waals surface area contributed by atoms with Gasteiger partial charge in [-0.3, -0.25) is 4.79 Å². The van der Waals surface area contributed by atoms with Crippen LogP contribution in [0, 0.1) is 0 Å². The first-order valence-corrected chi connectivity index (χ1v) is 8.98. The molecular weight excluding hydrogens is 288 g/mol. The lowest BCUT2D eigenvalue weighted by Crippen LogP contribution is -2.50. The highest BCUT2D eigenvalue weighted by Crippen LogP contribution is 2.16. The van der Waals surface area contributed by atoms with Gasteiger partial charge in [0.1, 0.15) is 0 Å². The van der Waals surface area contributed by atoms with Crippen LogP contribution in [0.3, 0.4) is 0 Å². The van der Waals surface area contributed by atoms with Crippen LogP contribution in [0.1, 0.15) is 35.7 Å². The molecule has 5 nitrogen and oxygen atoms in total. The number of rotatable bonds is 3. The molecule has 1 heterocycles. The van der Waals surface area contributed by atoms with E-state index < -0.39 is 10.0 Å². The molecule has 0 aromatic heterocycles. The maximum Gasteiger partial charge on any atom is 0.253 e. The van der Waals surface area contributed by atoms with Crippen LogP contribution in [0.2, 0.25) is 0 Å². The number of benzene rings is 1. The topological polar surface area (TPSA) is 57.7 Å². The molecule has 0 saturated carbocycles. The highest BCUT2D eigenvalue weighted by Gasteiger charge is 2.26. The van der Waals surface area contributed by atoms with Crippen LogP contribution in [-0.4, -0.2) is 56.0 Å². The molecule has 1 aliphatic heterocycles. The van der Waals surface area contributed by atoms with Gasteiger partial charge in [0.05, 0.1) is 6.26 Å². The predicted octanol–water partition coefficient (Wildman–Crippen LogP) is 1.53. The highest BCUT2D eigenvalue weighted by atomic mass is 32.2. The largest absolute Gasteiger partial charge is 0.336 e. The van der Waals surface area contributed by atoms with Crippen molar-refractivity contribution in [3.63, 3.8) is 0 Å². The van der Waals surface area contributed by atoms with Crippen molar-refractivity contribution in [1.82, 2.24) is 9.21 Å². The summed E-state index contributed by atoms with van der Waals surface area (Å²) in [7, 11) is -3.16. The zero-order chi connectivity index (χ0) is 15.6. The third-order valence-corrected chi connectivity index (χ3v) is 5.12. The summed E-state index contributed by atoms with van der Waals surface area (Å²) in [5.74, 6) is 0.408. The predicted molar refractivity (Wildman–Crippen MR) is 82.9 cm³/mol. The molecular formula is C15H22N2O3S. The van der Waals surface area contributed by atoms with Crippen molar-refractivity contribution >= 4 is 15.9 Å². The second-order valence-corrected chi connectivity index (χ2v) is 7.71. The molecule has 0 unspecified atom stereocenters. The summed E-state index contributed by atoms with van der Waals surface area (Å²) in [6, 6.07) is 7.65.